The minimum atomic E-state index is -0.551. The van der Waals surface area contributed by atoms with Gasteiger partial charge in [0.2, 0.25) is 5.91 Å². The average molecular weight is 278 g/mol. The van der Waals surface area contributed by atoms with Crippen LogP contribution in [0.2, 0.25) is 0 Å². The van der Waals surface area contributed by atoms with Crippen LogP contribution in [-0.2, 0) is 16.1 Å². The van der Waals surface area contributed by atoms with Crippen LogP contribution in [0, 0.1) is 0 Å². The fraction of sp³-hybridized carbons (Fsp3) is 0.571. The topological polar surface area (TPSA) is 71.7 Å². The van der Waals surface area contributed by atoms with Crippen LogP contribution < -0.4 is 5.73 Å². The van der Waals surface area contributed by atoms with Crippen LogP contribution in [0.3, 0.4) is 0 Å². The van der Waals surface area contributed by atoms with Gasteiger partial charge >= 0.3 is 0 Å². The first-order valence-electron chi connectivity index (χ1n) is 6.85. The van der Waals surface area contributed by atoms with Gasteiger partial charge in [0, 0.05) is 52.2 Å². The number of amides is 1. The Hall–Kier alpha value is -1.50. The molecule has 1 unspecified atom stereocenters. The van der Waals surface area contributed by atoms with E-state index in [4.69, 9.17) is 10.5 Å². The highest BCUT2D eigenvalue weighted by Gasteiger charge is 2.25. The van der Waals surface area contributed by atoms with Gasteiger partial charge in [-0.05, 0) is 11.6 Å². The highest BCUT2D eigenvalue weighted by atomic mass is 16.5. The molecule has 6 nitrogen and oxygen atoms in total. The molecule has 6 heteroatoms. The van der Waals surface area contributed by atoms with Crippen molar-refractivity contribution in [2.75, 3.05) is 39.9 Å². The van der Waals surface area contributed by atoms with Crippen molar-refractivity contribution in [1.82, 2.24) is 14.8 Å². The van der Waals surface area contributed by atoms with Gasteiger partial charge < -0.3 is 15.4 Å². The SMILES string of the molecule is COCC(N)C(=O)N1CCN(Cc2cccnc2)CC1. The van der Waals surface area contributed by atoms with Gasteiger partial charge in [0.15, 0.2) is 0 Å². The van der Waals surface area contributed by atoms with Crippen LogP contribution in [-0.4, -0.2) is 66.6 Å². The fourth-order valence-corrected chi connectivity index (χ4v) is 2.36. The Balaban J connectivity index is 1.79. The number of ether oxygens (including phenoxy) is 1. The molecule has 0 radical (unpaired) electrons. The number of pyridine rings is 1. The smallest absolute Gasteiger partial charge is 0.241 e. The first-order chi connectivity index (χ1) is 9.70. The van der Waals surface area contributed by atoms with Crippen LogP contribution in [0.1, 0.15) is 5.56 Å². The third-order valence-electron chi connectivity index (χ3n) is 3.48. The van der Waals surface area contributed by atoms with Gasteiger partial charge in [-0.3, -0.25) is 14.7 Å². The molecule has 0 bridgehead atoms. The van der Waals surface area contributed by atoms with Crippen molar-refractivity contribution in [2.45, 2.75) is 12.6 Å². The predicted molar refractivity (Wildman–Crippen MR) is 75.9 cm³/mol. The van der Waals surface area contributed by atoms with Crippen molar-refractivity contribution in [1.29, 1.82) is 0 Å². The molecule has 1 aromatic rings. The number of nitrogens with zero attached hydrogens (tertiary/aromatic N) is 3. The summed E-state index contributed by atoms with van der Waals surface area (Å²) in [5, 5.41) is 0. The van der Waals surface area contributed by atoms with E-state index in [2.05, 4.69) is 16.0 Å². The van der Waals surface area contributed by atoms with Crippen molar-refractivity contribution in [3.05, 3.63) is 30.1 Å². The molecule has 1 atom stereocenters. The van der Waals surface area contributed by atoms with Crippen LogP contribution in [0.4, 0.5) is 0 Å². The highest BCUT2D eigenvalue weighted by molar-refractivity contribution is 5.81. The normalized spacial score (nSPS) is 18.0. The van der Waals surface area contributed by atoms with E-state index in [1.807, 2.05) is 17.2 Å². The molecule has 1 saturated heterocycles. The summed E-state index contributed by atoms with van der Waals surface area (Å²) in [6.45, 7) is 4.31. The standard InChI is InChI=1S/C14H22N4O2/c1-20-11-13(15)14(19)18-7-5-17(6-8-18)10-12-3-2-4-16-9-12/h2-4,9,13H,5-8,10-11,15H2,1H3. The molecule has 20 heavy (non-hydrogen) atoms. The molecule has 1 aromatic heterocycles. The minimum Gasteiger partial charge on any atom is -0.383 e. The quantitative estimate of drug-likeness (QED) is 0.800. The Kier molecular flexibility index (Phi) is 5.46. The molecular formula is C14H22N4O2. The molecule has 1 aliphatic rings. The van der Waals surface area contributed by atoms with Crippen molar-refractivity contribution in [3.8, 4) is 0 Å². The van der Waals surface area contributed by atoms with Crippen molar-refractivity contribution >= 4 is 5.91 Å². The molecule has 110 valence electrons. The second kappa shape index (κ2) is 7.33. The monoisotopic (exact) mass is 278 g/mol. The maximum absolute atomic E-state index is 12.0. The summed E-state index contributed by atoms with van der Waals surface area (Å²) in [6, 6.07) is 3.46. The van der Waals surface area contributed by atoms with Crippen molar-refractivity contribution in [2.24, 2.45) is 5.73 Å². The summed E-state index contributed by atoms with van der Waals surface area (Å²) in [5.74, 6) is -0.0205. The van der Waals surface area contributed by atoms with Crippen molar-refractivity contribution < 1.29 is 9.53 Å². The number of carbonyl (C=O) groups is 1. The lowest BCUT2D eigenvalue weighted by atomic mass is 10.2. The molecule has 2 heterocycles. The van der Waals surface area contributed by atoms with Gasteiger partial charge in [-0.1, -0.05) is 6.07 Å². The summed E-state index contributed by atoms with van der Waals surface area (Å²) < 4.78 is 4.93. The molecular weight excluding hydrogens is 256 g/mol. The fourth-order valence-electron chi connectivity index (χ4n) is 2.36. The van der Waals surface area contributed by atoms with Gasteiger partial charge in [-0.2, -0.15) is 0 Å². The Morgan fingerprint density at radius 2 is 2.20 bits per heavy atom. The van der Waals surface area contributed by atoms with Gasteiger partial charge in [0.1, 0.15) is 6.04 Å². The van der Waals surface area contributed by atoms with Gasteiger partial charge in [-0.15, -0.1) is 0 Å². The van der Waals surface area contributed by atoms with E-state index in [9.17, 15) is 4.79 Å². The van der Waals surface area contributed by atoms with E-state index in [0.29, 0.717) is 0 Å². The number of nitrogens with two attached hydrogens (primary N) is 1. The first kappa shape index (κ1) is 14.9. The Morgan fingerprint density at radius 1 is 1.45 bits per heavy atom. The zero-order chi connectivity index (χ0) is 14.4. The summed E-state index contributed by atoms with van der Waals surface area (Å²) >= 11 is 0. The minimum absolute atomic E-state index is 0.0205. The van der Waals surface area contributed by atoms with Gasteiger partial charge in [0.05, 0.1) is 6.61 Å². The third-order valence-corrected chi connectivity index (χ3v) is 3.48. The lowest BCUT2D eigenvalue weighted by Crippen LogP contribution is -2.53. The van der Waals surface area contributed by atoms with E-state index >= 15 is 0 Å². The summed E-state index contributed by atoms with van der Waals surface area (Å²) in [6.07, 6.45) is 3.66. The Labute approximate surface area is 119 Å². The number of piperazine rings is 1. The number of carbonyl (C=O) groups excluding carboxylic acids is 1. The second-order valence-corrected chi connectivity index (χ2v) is 5.02. The summed E-state index contributed by atoms with van der Waals surface area (Å²) in [7, 11) is 1.55. The van der Waals surface area contributed by atoms with Crippen LogP contribution in [0.25, 0.3) is 0 Å². The molecule has 2 rings (SSSR count). The number of hydrogen-bond acceptors (Lipinski definition) is 5. The third kappa shape index (κ3) is 4.00. The van der Waals surface area contributed by atoms with Crippen molar-refractivity contribution in [3.63, 3.8) is 0 Å². The van der Waals surface area contributed by atoms with Gasteiger partial charge in [0.25, 0.3) is 0 Å². The van der Waals surface area contributed by atoms with Crippen LogP contribution >= 0.6 is 0 Å². The Morgan fingerprint density at radius 3 is 2.80 bits per heavy atom. The molecule has 0 aromatic carbocycles. The van der Waals surface area contributed by atoms with E-state index in [1.54, 1.807) is 13.3 Å². The zero-order valence-corrected chi connectivity index (χ0v) is 11.9. The van der Waals surface area contributed by atoms with E-state index in [0.717, 1.165) is 32.7 Å². The number of hydrogen-bond donors (Lipinski definition) is 1. The molecule has 0 aliphatic carbocycles. The number of methoxy groups -OCH3 is 1. The summed E-state index contributed by atoms with van der Waals surface area (Å²) in [5.41, 5.74) is 6.98. The lowest BCUT2D eigenvalue weighted by molar-refractivity contribution is -0.135. The van der Waals surface area contributed by atoms with E-state index < -0.39 is 6.04 Å². The maximum atomic E-state index is 12.0. The molecule has 1 aliphatic heterocycles. The lowest BCUT2D eigenvalue weighted by Gasteiger charge is -2.35. The van der Waals surface area contributed by atoms with Gasteiger partial charge in [-0.25, -0.2) is 0 Å². The largest absolute Gasteiger partial charge is 0.383 e. The Bertz CT molecular complexity index is 418. The summed E-state index contributed by atoms with van der Waals surface area (Å²) in [4.78, 5) is 20.3. The molecule has 1 amide bonds. The zero-order valence-electron chi connectivity index (χ0n) is 11.9. The first-order valence-corrected chi connectivity index (χ1v) is 6.85. The number of rotatable bonds is 5. The maximum Gasteiger partial charge on any atom is 0.241 e. The van der Waals surface area contributed by atoms with Crippen LogP contribution in [0.5, 0.6) is 0 Å². The predicted octanol–water partition coefficient (Wildman–Crippen LogP) is -0.300. The molecule has 1 fully saturated rings. The molecule has 0 saturated carbocycles. The average Bonchev–Trinajstić information content (AvgIpc) is 2.48. The highest BCUT2D eigenvalue weighted by Crippen LogP contribution is 2.08. The molecule has 2 N–H and O–H groups in total. The second-order valence-electron chi connectivity index (χ2n) is 5.02. The van der Waals surface area contributed by atoms with Crippen LogP contribution in [0.15, 0.2) is 24.5 Å². The molecule has 0 spiro atoms. The van der Waals surface area contributed by atoms with E-state index in [1.165, 1.54) is 5.56 Å². The van der Waals surface area contributed by atoms with E-state index in [-0.39, 0.29) is 12.5 Å². The number of aromatic nitrogens is 1.